The largest absolute Gasteiger partial charge is 0.268 e. The number of carbonyl (C=O) groups is 1. The Balaban J connectivity index is 2.08. The van der Waals surface area contributed by atoms with Gasteiger partial charge in [0.25, 0.3) is 5.91 Å². The normalized spacial score (nSPS) is 10.5. The molecule has 0 unspecified atom stereocenters. The first-order chi connectivity index (χ1) is 10.6. The molecule has 0 spiro atoms. The minimum atomic E-state index is -0.158. The minimum absolute atomic E-state index is 0.158. The highest BCUT2D eigenvalue weighted by molar-refractivity contribution is 9.10. The molecule has 3 rings (SSSR count). The van der Waals surface area contributed by atoms with E-state index in [0.717, 1.165) is 15.9 Å². The molecule has 1 amide bonds. The average Bonchev–Trinajstić information content (AvgIpc) is 2.94. The number of hydrogen-bond donors (Lipinski definition) is 0. The molecule has 0 aliphatic carbocycles. The van der Waals surface area contributed by atoms with Crippen LogP contribution in [0.3, 0.4) is 0 Å². The molecule has 0 aliphatic heterocycles. The number of thiazole rings is 1. The van der Waals surface area contributed by atoms with Gasteiger partial charge in [-0.1, -0.05) is 18.2 Å². The summed E-state index contributed by atoms with van der Waals surface area (Å²) in [7, 11) is 0. The molecule has 4 nitrogen and oxygen atoms in total. The summed E-state index contributed by atoms with van der Waals surface area (Å²) in [6.07, 6.45) is 3.21. The Hall–Kier alpha value is -2.05. The maximum atomic E-state index is 12.9. The maximum absolute atomic E-state index is 12.9. The molecule has 0 bridgehead atoms. The number of rotatable bonds is 3. The lowest BCUT2D eigenvalue weighted by Crippen LogP contribution is -2.26. The molecule has 110 valence electrons. The number of anilines is 2. The number of hydrogen-bond acceptors (Lipinski definition) is 4. The molecule has 0 N–H and O–H groups in total. The van der Waals surface area contributed by atoms with Crippen molar-refractivity contribution in [3.05, 3.63) is 69.9 Å². The van der Waals surface area contributed by atoms with Crippen LogP contribution in [-0.2, 0) is 0 Å². The molecule has 0 saturated carbocycles. The second-order valence-corrected chi connectivity index (χ2v) is 6.39. The van der Waals surface area contributed by atoms with Crippen molar-refractivity contribution in [3.8, 4) is 0 Å². The van der Waals surface area contributed by atoms with Crippen molar-refractivity contribution < 1.29 is 4.79 Å². The fourth-order valence-electron chi connectivity index (χ4n) is 1.99. The molecule has 0 radical (unpaired) electrons. The Labute approximate surface area is 140 Å². The Bertz CT molecular complexity index is 804. The van der Waals surface area contributed by atoms with E-state index >= 15 is 0 Å². The molecule has 0 saturated heterocycles. The molecule has 0 atom stereocenters. The van der Waals surface area contributed by atoms with E-state index in [0.29, 0.717) is 10.7 Å². The number of pyridine rings is 1. The number of benzene rings is 1. The molecular formula is C16H12BrN3OS. The highest BCUT2D eigenvalue weighted by atomic mass is 79.9. The van der Waals surface area contributed by atoms with Gasteiger partial charge < -0.3 is 0 Å². The van der Waals surface area contributed by atoms with Crippen LogP contribution in [-0.4, -0.2) is 15.9 Å². The quantitative estimate of drug-likeness (QED) is 0.674. The first-order valence-electron chi connectivity index (χ1n) is 6.57. The summed E-state index contributed by atoms with van der Waals surface area (Å²) in [6, 6.07) is 11.2. The van der Waals surface area contributed by atoms with Crippen molar-refractivity contribution in [1.29, 1.82) is 0 Å². The topological polar surface area (TPSA) is 46.1 Å². The molecule has 0 aliphatic rings. The van der Waals surface area contributed by atoms with Gasteiger partial charge in [-0.25, -0.2) is 4.98 Å². The van der Waals surface area contributed by atoms with E-state index in [1.54, 1.807) is 23.4 Å². The van der Waals surface area contributed by atoms with Crippen LogP contribution in [0.4, 0.5) is 10.8 Å². The number of aromatic nitrogens is 2. The number of amides is 1. The highest BCUT2D eigenvalue weighted by Gasteiger charge is 2.22. The fourth-order valence-corrected chi connectivity index (χ4v) is 3.18. The van der Waals surface area contributed by atoms with Gasteiger partial charge in [-0.15, -0.1) is 11.3 Å². The summed E-state index contributed by atoms with van der Waals surface area (Å²) in [5, 5.41) is 2.58. The summed E-state index contributed by atoms with van der Waals surface area (Å²) in [5.74, 6) is -0.158. The van der Waals surface area contributed by atoms with Crippen LogP contribution < -0.4 is 4.90 Å². The standard InChI is InChI=1S/C16H12BrN3OS/c1-11-10-22-16(19-11)20(14-5-3-2-4-6-14)15(21)12-7-13(17)9-18-8-12/h2-10H,1H3. The lowest BCUT2D eigenvalue weighted by molar-refractivity contribution is 0.0999. The summed E-state index contributed by atoms with van der Waals surface area (Å²) < 4.78 is 0.765. The van der Waals surface area contributed by atoms with Gasteiger partial charge in [0.1, 0.15) is 0 Å². The van der Waals surface area contributed by atoms with Crippen LogP contribution in [0.25, 0.3) is 0 Å². The van der Waals surface area contributed by atoms with Crippen LogP contribution in [0.2, 0.25) is 0 Å². The van der Waals surface area contributed by atoms with Crippen molar-refractivity contribution in [2.45, 2.75) is 6.92 Å². The zero-order chi connectivity index (χ0) is 15.5. The van der Waals surface area contributed by atoms with E-state index in [2.05, 4.69) is 25.9 Å². The van der Waals surface area contributed by atoms with E-state index in [9.17, 15) is 4.79 Å². The summed E-state index contributed by atoms with van der Waals surface area (Å²) in [6.45, 7) is 1.91. The minimum Gasteiger partial charge on any atom is -0.268 e. The molecule has 1 aromatic carbocycles. The number of aryl methyl sites for hydroxylation is 1. The lowest BCUT2D eigenvalue weighted by Gasteiger charge is -2.20. The van der Waals surface area contributed by atoms with Gasteiger partial charge in [0, 0.05) is 22.2 Å². The SMILES string of the molecule is Cc1csc(N(C(=O)c2cncc(Br)c2)c2ccccc2)n1. The summed E-state index contributed by atoms with van der Waals surface area (Å²) in [5.41, 5.74) is 2.18. The predicted octanol–water partition coefficient (Wildman–Crippen LogP) is 4.59. The first-order valence-corrected chi connectivity index (χ1v) is 8.24. The Morgan fingerprint density at radius 1 is 1.23 bits per heavy atom. The van der Waals surface area contributed by atoms with E-state index in [1.807, 2.05) is 42.6 Å². The first kappa shape index (κ1) is 14.9. The number of carbonyl (C=O) groups excluding carboxylic acids is 1. The van der Waals surface area contributed by atoms with Gasteiger partial charge >= 0.3 is 0 Å². The Kier molecular flexibility index (Phi) is 4.31. The molecule has 0 fully saturated rings. The van der Waals surface area contributed by atoms with Gasteiger partial charge in [-0.3, -0.25) is 14.7 Å². The smallest absolute Gasteiger partial charge is 0.266 e. The van der Waals surface area contributed by atoms with Gasteiger partial charge in [-0.2, -0.15) is 0 Å². The van der Waals surface area contributed by atoms with Crippen LogP contribution in [0, 0.1) is 6.92 Å². The van der Waals surface area contributed by atoms with Gasteiger partial charge in [0.15, 0.2) is 5.13 Å². The van der Waals surface area contributed by atoms with Crippen LogP contribution >= 0.6 is 27.3 Å². The molecule has 22 heavy (non-hydrogen) atoms. The third-order valence-corrected chi connectivity index (χ3v) is 4.34. The number of para-hydroxylation sites is 1. The maximum Gasteiger partial charge on any atom is 0.266 e. The van der Waals surface area contributed by atoms with E-state index in [4.69, 9.17) is 0 Å². The van der Waals surface area contributed by atoms with Crippen molar-refractivity contribution in [2.75, 3.05) is 4.90 Å². The number of halogens is 1. The van der Waals surface area contributed by atoms with Crippen molar-refractivity contribution in [3.63, 3.8) is 0 Å². The van der Waals surface area contributed by atoms with Gasteiger partial charge in [0.05, 0.1) is 16.9 Å². The van der Waals surface area contributed by atoms with E-state index < -0.39 is 0 Å². The Morgan fingerprint density at radius 3 is 2.64 bits per heavy atom. The third kappa shape index (κ3) is 3.08. The third-order valence-electron chi connectivity index (χ3n) is 2.97. The molecule has 6 heteroatoms. The zero-order valence-corrected chi connectivity index (χ0v) is 14.1. The van der Waals surface area contributed by atoms with E-state index in [-0.39, 0.29) is 5.91 Å². The molecule has 3 aromatic rings. The molecule has 2 aromatic heterocycles. The average molecular weight is 374 g/mol. The summed E-state index contributed by atoms with van der Waals surface area (Å²) in [4.78, 5) is 23.1. The van der Waals surface area contributed by atoms with E-state index in [1.165, 1.54) is 11.3 Å². The van der Waals surface area contributed by atoms with Crippen LogP contribution in [0.5, 0.6) is 0 Å². The lowest BCUT2D eigenvalue weighted by atomic mass is 10.2. The molecule has 2 heterocycles. The Morgan fingerprint density at radius 2 is 2.00 bits per heavy atom. The van der Waals surface area contributed by atoms with Crippen molar-refractivity contribution in [2.24, 2.45) is 0 Å². The number of nitrogens with zero attached hydrogens (tertiary/aromatic N) is 3. The van der Waals surface area contributed by atoms with Gasteiger partial charge in [0.2, 0.25) is 0 Å². The van der Waals surface area contributed by atoms with Gasteiger partial charge in [-0.05, 0) is 41.1 Å². The predicted molar refractivity (Wildman–Crippen MR) is 91.7 cm³/mol. The summed E-state index contributed by atoms with van der Waals surface area (Å²) >= 11 is 4.79. The molecular weight excluding hydrogens is 362 g/mol. The van der Waals surface area contributed by atoms with Crippen LogP contribution in [0.1, 0.15) is 16.1 Å². The fraction of sp³-hybridized carbons (Fsp3) is 0.0625. The highest BCUT2D eigenvalue weighted by Crippen LogP contribution is 2.30. The second-order valence-electron chi connectivity index (χ2n) is 4.64. The van der Waals surface area contributed by atoms with Crippen molar-refractivity contribution >= 4 is 44.0 Å². The zero-order valence-electron chi connectivity index (χ0n) is 11.7. The second kappa shape index (κ2) is 6.37. The van der Waals surface area contributed by atoms with Crippen LogP contribution in [0.15, 0.2) is 58.6 Å². The monoisotopic (exact) mass is 373 g/mol. The van der Waals surface area contributed by atoms with Crippen molar-refractivity contribution in [1.82, 2.24) is 9.97 Å².